The van der Waals surface area contributed by atoms with Crippen LogP contribution in [0.5, 0.6) is 0 Å². The van der Waals surface area contributed by atoms with Crippen molar-refractivity contribution in [3.05, 3.63) is 59.0 Å². The van der Waals surface area contributed by atoms with E-state index in [9.17, 15) is 9.59 Å². The highest BCUT2D eigenvalue weighted by Crippen LogP contribution is 2.11. The van der Waals surface area contributed by atoms with Crippen molar-refractivity contribution < 1.29 is 14.0 Å². The highest BCUT2D eigenvalue weighted by molar-refractivity contribution is 7.98. The number of nitrogens with one attached hydrogen (secondary N) is 2. The topological polar surface area (TPSA) is 71.3 Å². The lowest BCUT2D eigenvalue weighted by Gasteiger charge is -2.17. The lowest BCUT2D eigenvalue weighted by Crippen LogP contribution is -2.46. The van der Waals surface area contributed by atoms with Crippen LogP contribution in [-0.2, 0) is 11.3 Å². The van der Waals surface area contributed by atoms with Crippen molar-refractivity contribution in [3.8, 4) is 0 Å². The highest BCUT2D eigenvalue weighted by atomic mass is 35.5. The fraction of sp³-hybridized carbons (Fsp3) is 0.294. The third kappa shape index (κ3) is 5.62. The molecule has 2 rings (SSSR count). The monoisotopic (exact) mass is 366 g/mol. The normalized spacial score (nSPS) is 11.8. The zero-order valence-electron chi connectivity index (χ0n) is 13.3. The molecule has 1 atom stereocenters. The quantitative estimate of drug-likeness (QED) is 0.753. The molecule has 0 saturated carbocycles. The summed E-state index contributed by atoms with van der Waals surface area (Å²) in [5.41, 5.74) is 0.900. The van der Waals surface area contributed by atoms with E-state index in [-0.39, 0.29) is 11.7 Å². The number of hydrogen-bond donors (Lipinski definition) is 2. The predicted octanol–water partition coefficient (Wildman–Crippen LogP) is 3.10. The molecule has 24 heavy (non-hydrogen) atoms. The first-order valence-corrected chi connectivity index (χ1v) is 9.23. The molecule has 2 N–H and O–H groups in total. The SMILES string of the molecule is CSCCC(NC(=O)c1ccco1)C(=O)NCc1cccc(Cl)c1. The third-order valence-corrected chi connectivity index (χ3v) is 4.21. The van der Waals surface area contributed by atoms with Gasteiger partial charge < -0.3 is 15.1 Å². The Labute approximate surface area is 150 Å². The maximum Gasteiger partial charge on any atom is 0.287 e. The van der Waals surface area contributed by atoms with Crippen LogP contribution in [0.1, 0.15) is 22.5 Å². The van der Waals surface area contributed by atoms with Gasteiger partial charge in [0.1, 0.15) is 6.04 Å². The van der Waals surface area contributed by atoms with Crippen LogP contribution in [0.15, 0.2) is 47.1 Å². The predicted molar refractivity (Wildman–Crippen MR) is 96.3 cm³/mol. The van der Waals surface area contributed by atoms with E-state index in [2.05, 4.69) is 10.6 Å². The van der Waals surface area contributed by atoms with Gasteiger partial charge in [0, 0.05) is 11.6 Å². The molecule has 0 fully saturated rings. The average molecular weight is 367 g/mol. The van der Waals surface area contributed by atoms with Gasteiger partial charge in [-0.25, -0.2) is 0 Å². The van der Waals surface area contributed by atoms with Crippen molar-refractivity contribution in [1.82, 2.24) is 10.6 Å². The first-order valence-electron chi connectivity index (χ1n) is 7.45. The van der Waals surface area contributed by atoms with Crippen molar-refractivity contribution in [2.45, 2.75) is 19.0 Å². The van der Waals surface area contributed by atoms with E-state index in [1.165, 1.54) is 6.26 Å². The summed E-state index contributed by atoms with van der Waals surface area (Å²) in [4.78, 5) is 24.5. The van der Waals surface area contributed by atoms with E-state index in [4.69, 9.17) is 16.0 Å². The Kier molecular flexibility index (Phi) is 7.21. The minimum absolute atomic E-state index is 0.187. The van der Waals surface area contributed by atoms with Crippen LogP contribution in [0.4, 0.5) is 0 Å². The van der Waals surface area contributed by atoms with E-state index >= 15 is 0 Å². The van der Waals surface area contributed by atoms with Gasteiger partial charge in [0.05, 0.1) is 6.26 Å². The molecule has 0 bridgehead atoms. The van der Waals surface area contributed by atoms with Crippen LogP contribution in [0.25, 0.3) is 0 Å². The zero-order chi connectivity index (χ0) is 17.4. The Morgan fingerprint density at radius 2 is 2.12 bits per heavy atom. The smallest absolute Gasteiger partial charge is 0.287 e. The molecule has 1 aromatic heterocycles. The second kappa shape index (κ2) is 9.39. The summed E-state index contributed by atoms with van der Waals surface area (Å²) >= 11 is 7.55. The van der Waals surface area contributed by atoms with Crippen molar-refractivity contribution >= 4 is 35.2 Å². The first kappa shape index (κ1) is 18.4. The van der Waals surface area contributed by atoms with Crippen molar-refractivity contribution in [1.29, 1.82) is 0 Å². The zero-order valence-corrected chi connectivity index (χ0v) is 14.8. The molecular formula is C17H19ClN2O3S. The Bertz CT molecular complexity index is 676. The van der Waals surface area contributed by atoms with Gasteiger partial charge in [-0.2, -0.15) is 11.8 Å². The molecule has 1 aromatic carbocycles. The molecule has 1 unspecified atom stereocenters. The van der Waals surface area contributed by atoms with Crippen LogP contribution >= 0.6 is 23.4 Å². The Balaban J connectivity index is 1.95. The van der Waals surface area contributed by atoms with E-state index in [0.717, 1.165) is 11.3 Å². The summed E-state index contributed by atoms with van der Waals surface area (Å²) in [5, 5.41) is 6.17. The third-order valence-electron chi connectivity index (χ3n) is 3.33. The van der Waals surface area contributed by atoms with Crippen LogP contribution in [0, 0.1) is 0 Å². The molecule has 7 heteroatoms. The van der Waals surface area contributed by atoms with E-state index in [1.807, 2.05) is 18.4 Å². The summed E-state index contributed by atoms with van der Waals surface area (Å²) < 4.78 is 5.06. The lowest BCUT2D eigenvalue weighted by atomic mass is 10.2. The molecular weight excluding hydrogens is 348 g/mol. The minimum Gasteiger partial charge on any atom is -0.459 e. The number of carbonyl (C=O) groups excluding carboxylic acids is 2. The van der Waals surface area contributed by atoms with Gasteiger partial charge in [0.15, 0.2) is 5.76 Å². The second-order valence-corrected chi connectivity index (χ2v) is 6.55. The van der Waals surface area contributed by atoms with Gasteiger partial charge in [0.25, 0.3) is 5.91 Å². The molecule has 0 spiro atoms. The fourth-order valence-corrected chi connectivity index (χ4v) is 2.79. The molecule has 2 amide bonds. The first-order chi connectivity index (χ1) is 11.6. The summed E-state index contributed by atoms with van der Waals surface area (Å²) in [5.74, 6) is 0.313. The molecule has 0 aliphatic carbocycles. The number of hydrogen-bond acceptors (Lipinski definition) is 4. The summed E-state index contributed by atoms with van der Waals surface area (Å²) in [6.45, 7) is 0.353. The molecule has 1 heterocycles. The minimum atomic E-state index is -0.616. The van der Waals surface area contributed by atoms with Gasteiger partial charge in [-0.3, -0.25) is 9.59 Å². The van der Waals surface area contributed by atoms with E-state index < -0.39 is 11.9 Å². The standard InChI is InChI=1S/C17H19ClN2O3S/c1-24-9-7-14(20-17(22)15-6-3-8-23-15)16(21)19-11-12-4-2-5-13(18)10-12/h2-6,8,10,14H,7,9,11H2,1H3,(H,19,21)(H,20,22). The van der Waals surface area contributed by atoms with Gasteiger partial charge >= 0.3 is 0 Å². The van der Waals surface area contributed by atoms with Gasteiger partial charge in [-0.1, -0.05) is 23.7 Å². The van der Waals surface area contributed by atoms with Crippen LogP contribution in [0.2, 0.25) is 5.02 Å². The number of thioether (sulfide) groups is 1. The van der Waals surface area contributed by atoms with Crippen LogP contribution in [-0.4, -0.2) is 29.9 Å². The number of benzene rings is 1. The van der Waals surface area contributed by atoms with Crippen molar-refractivity contribution in [2.75, 3.05) is 12.0 Å². The van der Waals surface area contributed by atoms with Crippen LogP contribution in [0.3, 0.4) is 0 Å². The summed E-state index contributed by atoms with van der Waals surface area (Å²) in [7, 11) is 0. The van der Waals surface area contributed by atoms with E-state index in [0.29, 0.717) is 18.0 Å². The summed E-state index contributed by atoms with van der Waals surface area (Å²) in [6, 6.07) is 9.85. The molecule has 0 aliphatic rings. The average Bonchev–Trinajstić information content (AvgIpc) is 3.11. The lowest BCUT2D eigenvalue weighted by molar-refractivity contribution is -0.123. The number of rotatable bonds is 8. The maximum atomic E-state index is 12.4. The Hall–Kier alpha value is -1.92. The van der Waals surface area contributed by atoms with Crippen molar-refractivity contribution in [2.24, 2.45) is 0 Å². The van der Waals surface area contributed by atoms with E-state index in [1.54, 1.807) is 36.0 Å². The van der Waals surface area contributed by atoms with Gasteiger partial charge in [0.2, 0.25) is 5.91 Å². The van der Waals surface area contributed by atoms with Crippen molar-refractivity contribution in [3.63, 3.8) is 0 Å². The largest absolute Gasteiger partial charge is 0.459 e. The number of halogens is 1. The van der Waals surface area contributed by atoms with Gasteiger partial charge in [-0.15, -0.1) is 0 Å². The molecule has 5 nitrogen and oxygen atoms in total. The molecule has 128 valence electrons. The van der Waals surface area contributed by atoms with Crippen LogP contribution < -0.4 is 10.6 Å². The van der Waals surface area contributed by atoms with Gasteiger partial charge in [-0.05, 0) is 48.3 Å². The fourth-order valence-electron chi connectivity index (χ4n) is 2.10. The Morgan fingerprint density at radius 3 is 2.79 bits per heavy atom. The number of furan rings is 1. The highest BCUT2D eigenvalue weighted by Gasteiger charge is 2.22. The molecule has 0 saturated heterocycles. The number of amides is 2. The second-order valence-electron chi connectivity index (χ2n) is 5.13. The number of carbonyl (C=O) groups is 2. The molecule has 0 radical (unpaired) electrons. The molecule has 0 aliphatic heterocycles. The Morgan fingerprint density at radius 1 is 1.29 bits per heavy atom. The summed E-state index contributed by atoms with van der Waals surface area (Å²) in [6.07, 6.45) is 3.91. The molecule has 2 aromatic rings. The maximum absolute atomic E-state index is 12.4.